The third kappa shape index (κ3) is 25.6. The molecule has 5 rings (SSSR count). The van der Waals surface area contributed by atoms with Crippen LogP contribution < -0.4 is 43.1 Å². The molecule has 0 spiro atoms. The molecule has 5 aromatic heterocycles. The number of hydrogen-bond acceptors (Lipinski definition) is 2. The number of rotatable bonds is 14. The number of alkyl halides is 2. The summed E-state index contributed by atoms with van der Waals surface area (Å²) in [6.07, 6.45) is 37.9. The van der Waals surface area contributed by atoms with Crippen LogP contribution in [0.15, 0.2) is 113 Å². The Balaban J connectivity index is -0.000000154. The number of halogens is 4. The van der Waals surface area contributed by atoms with Crippen molar-refractivity contribution < 1.29 is 43.1 Å². The molecule has 17 heteroatoms. The Labute approximate surface area is 365 Å². The van der Waals surface area contributed by atoms with Crippen LogP contribution in [0.1, 0.15) is 60.0 Å². The summed E-state index contributed by atoms with van der Waals surface area (Å²) < 4.78 is 24.7. The van der Waals surface area contributed by atoms with Crippen LogP contribution >= 0.6 is 23.2 Å². The van der Waals surface area contributed by atoms with Crippen molar-refractivity contribution in [3.05, 3.63) is 128 Å². The molecule has 0 amide bonds. The molecule has 0 aliphatic heterocycles. The van der Waals surface area contributed by atoms with E-state index in [0.29, 0.717) is 23.8 Å². The Kier molecular flexibility index (Phi) is 45.3. The number of imidazole rings is 5. The van der Waals surface area contributed by atoms with Gasteiger partial charge in [0.2, 0.25) is 25.3 Å². The molecule has 2 atom stereocenters. The first kappa shape index (κ1) is 63.8. The fraction of sp³-hybridized carbons (Fsp3) is 0.395. The monoisotopic (exact) mass is 853 g/mol. The van der Waals surface area contributed by atoms with Gasteiger partial charge in [-0.1, -0.05) is 41.0 Å². The van der Waals surface area contributed by atoms with E-state index in [4.69, 9.17) is 27.5 Å². The van der Waals surface area contributed by atoms with Gasteiger partial charge in [-0.05, 0) is 26.7 Å². The standard InChI is InChI=1S/C16H28N4.C12H16N4.C5H6N2.C2H4Cl2.CH4.2CH3.Al.B.2ClH.HN/c1-5-15(3)19-11-9-17(13-19)7-8-18-10-12-20(14-18)16(4)6-2;1-3-13-5-7-15(11-13)9-10-16-8-6-14(4-2)12-16;1-2-7-4-3-6-5-7;3-1-2-4;;;;;;;;/h9-16H,5-8H2,1-4H3;3-8,11-12H,1-2,9-10H2;2-5H,1H2;1-2H2;1H4;2*1H3;;;3*1H/q2*+2;;;;2*-1;;;;;/p-2. The molecule has 4 radical (unpaired) electrons. The molecule has 2 unspecified atom stereocenters. The number of nitrogens with one attached hydrogen (secondary N) is 1. The fourth-order valence-corrected chi connectivity index (χ4v) is 4.17. The van der Waals surface area contributed by atoms with Crippen LogP contribution in [-0.2, 0) is 26.2 Å². The first-order chi connectivity index (χ1) is 23.8. The van der Waals surface area contributed by atoms with Crippen molar-refractivity contribution in [2.24, 2.45) is 0 Å². The maximum absolute atomic E-state index is 5.67. The van der Waals surface area contributed by atoms with Gasteiger partial charge < -0.3 is 44.2 Å². The van der Waals surface area contributed by atoms with E-state index in [2.05, 4.69) is 117 Å². The summed E-state index contributed by atoms with van der Waals surface area (Å²) in [5, 5.41) is 0. The zero-order chi connectivity index (χ0) is 36.4. The number of aryl methyl sites for hydroxylation is 4. The summed E-state index contributed by atoms with van der Waals surface area (Å²) >= 11 is 11.8. The van der Waals surface area contributed by atoms with Crippen LogP contribution in [0.25, 0.3) is 18.6 Å². The first-order valence-corrected chi connectivity index (χ1v) is 18.0. The van der Waals surface area contributed by atoms with Crippen molar-refractivity contribution >= 4 is 66.3 Å². The van der Waals surface area contributed by atoms with Crippen LogP contribution in [-0.4, -0.2) is 64.1 Å². The molecule has 0 saturated carbocycles. The minimum absolute atomic E-state index is 0. The molecular weight excluding hydrogens is 790 g/mol. The van der Waals surface area contributed by atoms with E-state index >= 15 is 0 Å². The molecule has 0 aliphatic rings. The summed E-state index contributed by atoms with van der Waals surface area (Å²) in [5.41, 5.74) is 0. The van der Waals surface area contributed by atoms with Crippen LogP contribution in [0.3, 0.4) is 0 Å². The van der Waals surface area contributed by atoms with Gasteiger partial charge in [0.1, 0.15) is 75.8 Å². The molecule has 1 N–H and O–H groups in total. The predicted molar refractivity (Wildman–Crippen MR) is 225 cm³/mol. The minimum atomic E-state index is 0. The van der Waals surface area contributed by atoms with Gasteiger partial charge in [-0.25, -0.2) is 41.5 Å². The van der Waals surface area contributed by atoms with Gasteiger partial charge in [-0.3, -0.25) is 0 Å². The Morgan fingerprint density at radius 1 is 0.636 bits per heavy atom. The van der Waals surface area contributed by atoms with Crippen molar-refractivity contribution in [1.29, 1.82) is 4.35 Å². The second kappa shape index (κ2) is 39.1. The third-order valence-corrected chi connectivity index (χ3v) is 8.08. The van der Waals surface area contributed by atoms with Gasteiger partial charge in [-0.15, -0.1) is 23.2 Å². The second-order valence-corrected chi connectivity index (χ2v) is 11.6. The van der Waals surface area contributed by atoms with E-state index in [-0.39, 0.29) is 55.5 Å². The fourth-order valence-electron chi connectivity index (χ4n) is 4.17. The average Bonchev–Trinajstić information content (AvgIpc) is 4.00. The van der Waals surface area contributed by atoms with Gasteiger partial charge in [0.15, 0.2) is 0 Å². The van der Waals surface area contributed by atoms with E-state index < -0.39 is 0 Å². The van der Waals surface area contributed by atoms with Crippen LogP contribution in [0.5, 0.6) is 0 Å². The Morgan fingerprint density at radius 2 is 0.964 bits per heavy atom. The SMILES string of the molecule is C.C=Cn1cc[n+](CC[n+]2ccn(C=C)c2)c1.C=Cn1ccnc1.CCC(C)n1cc[n+](CC[n+]2ccn(C(C)CC)c2)c1.ClCCCl.[B].[CH3-].[CH3-].[Cl-].[Cl-].[NH]=[Al]. The zero-order valence-electron chi connectivity index (χ0n) is 33.0. The zero-order valence-corrected chi connectivity index (χ0v) is 37.1. The Hall–Kier alpha value is -3.17. The third-order valence-electron chi connectivity index (χ3n) is 7.51. The van der Waals surface area contributed by atoms with Crippen LogP contribution in [0.4, 0.5) is 0 Å². The van der Waals surface area contributed by atoms with E-state index in [1.165, 1.54) is 12.8 Å². The normalized spacial score (nSPS) is 9.91. The van der Waals surface area contributed by atoms with Gasteiger partial charge in [0, 0.05) is 38.8 Å². The molecular formula is C38H65AlBCl4N11. The van der Waals surface area contributed by atoms with Crippen molar-refractivity contribution in [2.45, 2.75) is 86.2 Å². The quantitative estimate of drug-likeness (QED) is 0.0765. The number of aromatic nitrogens is 10. The molecule has 0 fully saturated rings. The van der Waals surface area contributed by atoms with Gasteiger partial charge in [0.25, 0.3) is 0 Å². The maximum atomic E-state index is 5.67. The molecule has 55 heavy (non-hydrogen) atoms. The van der Waals surface area contributed by atoms with Crippen LogP contribution in [0.2, 0.25) is 0 Å². The molecule has 0 aliphatic carbocycles. The molecule has 0 aromatic carbocycles. The first-order valence-electron chi connectivity index (χ1n) is 16.3. The van der Waals surface area contributed by atoms with Gasteiger partial charge >= 0.3 is 20.4 Å². The van der Waals surface area contributed by atoms with Crippen LogP contribution in [0, 0.1) is 19.2 Å². The average molecular weight is 856 g/mol. The summed E-state index contributed by atoms with van der Waals surface area (Å²) in [6.45, 7) is 23.8. The Morgan fingerprint density at radius 3 is 1.20 bits per heavy atom. The van der Waals surface area contributed by atoms with Gasteiger partial charge in [0.05, 0.1) is 30.8 Å². The van der Waals surface area contributed by atoms with Gasteiger partial charge in [-0.2, -0.15) is 0 Å². The Bertz CT molecular complexity index is 1490. The molecule has 0 saturated heterocycles. The number of hydrogen-bond donors (Lipinski definition) is 1. The van der Waals surface area contributed by atoms with E-state index in [0.717, 1.165) is 26.2 Å². The summed E-state index contributed by atoms with van der Waals surface area (Å²) in [4.78, 5) is 3.78. The summed E-state index contributed by atoms with van der Waals surface area (Å²) in [5.74, 6) is 1.11. The number of nitrogens with zero attached hydrogens (tertiary/aromatic N) is 10. The van der Waals surface area contributed by atoms with Crippen molar-refractivity contribution in [2.75, 3.05) is 11.8 Å². The predicted octanol–water partition coefficient (Wildman–Crippen LogP) is 0.801. The molecule has 0 bridgehead atoms. The molecule has 5 heterocycles. The molecule has 11 nitrogen and oxygen atoms in total. The van der Waals surface area contributed by atoms with E-state index in [1.54, 1.807) is 51.8 Å². The van der Waals surface area contributed by atoms with Crippen molar-refractivity contribution in [3.63, 3.8) is 0 Å². The molecule has 306 valence electrons. The summed E-state index contributed by atoms with van der Waals surface area (Å²) in [7, 11) is 0. The topological polar surface area (TPSA) is 76.9 Å². The second-order valence-electron chi connectivity index (χ2n) is 10.8. The van der Waals surface area contributed by atoms with E-state index in [9.17, 15) is 0 Å². The summed E-state index contributed by atoms with van der Waals surface area (Å²) in [6, 6.07) is 1.16. The van der Waals surface area contributed by atoms with Crippen molar-refractivity contribution in [1.82, 2.24) is 27.8 Å². The molecule has 5 aromatic rings. The van der Waals surface area contributed by atoms with E-state index in [1.807, 2.05) is 52.8 Å². The van der Waals surface area contributed by atoms with Crippen molar-refractivity contribution in [3.8, 4) is 0 Å².